The molecule has 0 heterocycles. The van der Waals surface area contributed by atoms with E-state index in [2.05, 4.69) is 24.5 Å². The fourth-order valence-electron chi connectivity index (χ4n) is 6.81. The van der Waals surface area contributed by atoms with E-state index in [0.29, 0.717) is 12.8 Å². The van der Waals surface area contributed by atoms with Crippen molar-refractivity contribution in [1.82, 2.24) is 10.6 Å². The average molecular weight is 861 g/mol. The number of phosphoric ester groups is 1. The lowest BCUT2D eigenvalue weighted by atomic mass is 10.0. The molecule has 0 aliphatic heterocycles. The minimum Gasteiger partial charge on any atom is -0.462 e. The first-order valence-corrected chi connectivity index (χ1v) is 25.5. The molecular weight excluding hydrogens is 771 g/mol. The van der Waals surface area contributed by atoms with Crippen LogP contribution in [0.25, 0.3) is 0 Å². The Bertz CT molecular complexity index is 1080. The quantitative estimate of drug-likeness (QED) is 0.0305. The maximum atomic E-state index is 13.0. The Kier molecular flexibility index (Phi) is 39.9. The molecule has 2 amide bonds. The van der Waals surface area contributed by atoms with Gasteiger partial charge in [-0.05, 0) is 12.8 Å². The van der Waals surface area contributed by atoms with E-state index in [1.807, 2.05) is 0 Å². The maximum absolute atomic E-state index is 13.0. The first-order chi connectivity index (χ1) is 28.5. The van der Waals surface area contributed by atoms with Gasteiger partial charge in [-0.15, -0.1) is 0 Å². The average Bonchev–Trinajstić information content (AvgIpc) is 3.22. The number of hydrogen-bond donors (Lipinski definition) is 3. The van der Waals surface area contributed by atoms with Gasteiger partial charge in [-0.3, -0.25) is 28.2 Å². The molecule has 13 heteroatoms. The summed E-state index contributed by atoms with van der Waals surface area (Å²) in [6.07, 6.45) is 34.6. The summed E-state index contributed by atoms with van der Waals surface area (Å²) in [4.78, 5) is 59.0. The van der Waals surface area contributed by atoms with E-state index in [-0.39, 0.29) is 45.1 Å². The number of nitrogens with one attached hydrogen (secondary N) is 2. The van der Waals surface area contributed by atoms with Gasteiger partial charge in [-0.2, -0.15) is 0 Å². The third-order valence-corrected chi connectivity index (χ3v) is 11.7. The lowest BCUT2D eigenvalue weighted by molar-refractivity contribution is -0.164. The summed E-state index contributed by atoms with van der Waals surface area (Å²) in [5, 5.41) is 4.90. The number of rotatable bonds is 44. The summed E-state index contributed by atoms with van der Waals surface area (Å²) >= 11 is 0. The molecule has 0 aliphatic carbocycles. The summed E-state index contributed by atoms with van der Waals surface area (Å²) in [6.45, 7) is 6.47. The second-order valence-electron chi connectivity index (χ2n) is 16.5. The molecule has 0 rings (SSSR count). The van der Waals surface area contributed by atoms with Crippen LogP contribution in [0.15, 0.2) is 0 Å². The zero-order valence-electron chi connectivity index (χ0n) is 38.2. The molecule has 0 aromatic heterocycles. The maximum Gasteiger partial charge on any atom is 0.472 e. The van der Waals surface area contributed by atoms with Gasteiger partial charge in [0.1, 0.15) is 6.61 Å². The van der Waals surface area contributed by atoms with Crippen molar-refractivity contribution in [2.45, 2.75) is 233 Å². The predicted octanol–water partition coefficient (Wildman–Crippen LogP) is 11.6. The number of phosphoric acid groups is 1. The molecule has 0 fully saturated rings. The molecule has 12 nitrogen and oxygen atoms in total. The van der Waals surface area contributed by atoms with Crippen molar-refractivity contribution in [2.24, 2.45) is 5.92 Å². The van der Waals surface area contributed by atoms with Gasteiger partial charge in [0.25, 0.3) is 0 Å². The first kappa shape index (κ1) is 57.0. The molecular formula is C46H89N2O10P. The van der Waals surface area contributed by atoms with Gasteiger partial charge < -0.3 is 25.0 Å². The van der Waals surface area contributed by atoms with Crippen LogP contribution in [-0.2, 0) is 42.3 Å². The highest BCUT2D eigenvalue weighted by molar-refractivity contribution is 7.47. The summed E-state index contributed by atoms with van der Waals surface area (Å²) in [7, 11) is -4.60. The highest BCUT2D eigenvalue weighted by Crippen LogP contribution is 2.43. The smallest absolute Gasteiger partial charge is 0.462 e. The number of ether oxygens (including phenoxy) is 2. The Balaban J connectivity index is 4.60. The van der Waals surface area contributed by atoms with Crippen LogP contribution < -0.4 is 10.6 Å². The van der Waals surface area contributed by atoms with Crippen LogP contribution in [0.3, 0.4) is 0 Å². The van der Waals surface area contributed by atoms with Crippen molar-refractivity contribution in [3.63, 3.8) is 0 Å². The molecule has 0 spiro atoms. The summed E-state index contributed by atoms with van der Waals surface area (Å²) in [6, 6.07) is 0. The summed E-state index contributed by atoms with van der Waals surface area (Å²) in [5.41, 5.74) is 0. The lowest BCUT2D eigenvalue weighted by Crippen LogP contribution is -2.37. The second kappa shape index (κ2) is 41.3. The number of carbonyl (C=O) groups is 4. The van der Waals surface area contributed by atoms with Crippen LogP contribution >= 0.6 is 7.82 Å². The van der Waals surface area contributed by atoms with Crippen molar-refractivity contribution in [1.29, 1.82) is 0 Å². The Morgan fingerprint density at radius 1 is 0.559 bits per heavy atom. The van der Waals surface area contributed by atoms with Gasteiger partial charge in [0, 0.05) is 19.4 Å². The molecule has 0 aromatic carbocycles. The van der Waals surface area contributed by atoms with E-state index in [4.69, 9.17) is 18.5 Å². The Morgan fingerprint density at radius 2 is 1.00 bits per heavy atom. The van der Waals surface area contributed by atoms with E-state index in [1.165, 1.54) is 135 Å². The highest BCUT2D eigenvalue weighted by Gasteiger charge is 2.27. The van der Waals surface area contributed by atoms with Gasteiger partial charge in [0.15, 0.2) is 6.10 Å². The Morgan fingerprint density at radius 3 is 1.46 bits per heavy atom. The Labute approximate surface area is 360 Å². The van der Waals surface area contributed by atoms with Crippen LogP contribution in [0.4, 0.5) is 0 Å². The van der Waals surface area contributed by atoms with Crippen LogP contribution in [0, 0.1) is 5.92 Å². The summed E-state index contributed by atoms with van der Waals surface area (Å²) < 4.78 is 33.8. The van der Waals surface area contributed by atoms with Gasteiger partial charge in [0.2, 0.25) is 11.8 Å². The highest BCUT2D eigenvalue weighted by atomic mass is 31.2. The third-order valence-electron chi connectivity index (χ3n) is 10.7. The van der Waals surface area contributed by atoms with Crippen molar-refractivity contribution < 1.29 is 47.2 Å². The van der Waals surface area contributed by atoms with E-state index < -0.39 is 44.3 Å². The van der Waals surface area contributed by atoms with Crippen molar-refractivity contribution in [3.05, 3.63) is 0 Å². The monoisotopic (exact) mass is 861 g/mol. The minimum atomic E-state index is -4.60. The third kappa shape index (κ3) is 39.9. The number of amides is 2. The van der Waals surface area contributed by atoms with Crippen molar-refractivity contribution in [2.75, 3.05) is 32.9 Å². The molecule has 348 valence electrons. The molecule has 3 N–H and O–H groups in total. The van der Waals surface area contributed by atoms with Gasteiger partial charge >= 0.3 is 19.8 Å². The van der Waals surface area contributed by atoms with Crippen molar-refractivity contribution in [3.8, 4) is 0 Å². The molecule has 0 aliphatic rings. The van der Waals surface area contributed by atoms with Crippen LogP contribution in [0.1, 0.15) is 227 Å². The predicted molar refractivity (Wildman–Crippen MR) is 238 cm³/mol. The molecule has 59 heavy (non-hydrogen) atoms. The van der Waals surface area contributed by atoms with Crippen LogP contribution in [-0.4, -0.2) is 67.7 Å². The van der Waals surface area contributed by atoms with E-state index in [1.54, 1.807) is 13.8 Å². The number of hydrogen-bond acceptors (Lipinski definition) is 9. The van der Waals surface area contributed by atoms with Crippen LogP contribution in [0.2, 0.25) is 0 Å². The van der Waals surface area contributed by atoms with Gasteiger partial charge in [-0.1, -0.05) is 201 Å². The second-order valence-corrected chi connectivity index (χ2v) is 17.9. The standard InChI is InChI=1S/C46H89N2O10P/c1-5-8-10-12-14-16-18-20-21-23-25-27-29-31-33-35-45(51)55-39-42(40-57-59(53,54)56-37-36-47-44(50)38-48-43(49)7-3)58-46(52)41(4)34-32-30-28-26-24-22-19-17-15-13-11-9-6-2/h41-42H,5-40H2,1-4H3,(H,47,50)(H,48,49)(H,53,54)/t41?,42-/m1/s1. The lowest BCUT2D eigenvalue weighted by Gasteiger charge is -2.21. The molecule has 3 atom stereocenters. The molecule has 2 unspecified atom stereocenters. The first-order valence-electron chi connectivity index (χ1n) is 24.1. The zero-order chi connectivity index (χ0) is 43.7. The molecule has 0 aromatic rings. The molecule has 0 saturated carbocycles. The zero-order valence-corrected chi connectivity index (χ0v) is 39.1. The van der Waals surface area contributed by atoms with E-state index in [0.717, 1.165) is 38.5 Å². The number of unbranched alkanes of at least 4 members (excludes halogenated alkanes) is 26. The minimum absolute atomic E-state index is 0.0964. The Hall–Kier alpha value is -2.01. The van der Waals surface area contributed by atoms with Crippen LogP contribution in [0.5, 0.6) is 0 Å². The van der Waals surface area contributed by atoms with E-state index in [9.17, 15) is 28.6 Å². The fourth-order valence-corrected chi connectivity index (χ4v) is 7.57. The van der Waals surface area contributed by atoms with Crippen molar-refractivity contribution >= 4 is 31.6 Å². The molecule has 0 radical (unpaired) electrons. The molecule has 0 bridgehead atoms. The normalized spacial score (nSPS) is 13.4. The van der Waals surface area contributed by atoms with E-state index >= 15 is 0 Å². The summed E-state index contributed by atoms with van der Waals surface area (Å²) in [5.74, 6) is -2.05. The number of carbonyl (C=O) groups excluding carboxylic acids is 4. The topological polar surface area (TPSA) is 167 Å². The number of esters is 2. The van der Waals surface area contributed by atoms with Gasteiger partial charge in [-0.25, -0.2) is 4.57 Å². The SMILES string of the molecule is CCCCCCCCCCCCCCCCCC(=O)OC[C@H](COP(=O)(O)OCCNC(=O)CNC(=O)CC)OC(=O)C(C)CCCCCCCCCCCCCCC. The molecule has 0 saturated heterocycles. The largest absolute Gasteiger partial charge is 0.472 e. The fraction of sp³-hybridized carbons (Fsp3) is 0.913. The van der Waals surface area contributed by atoms with Gasteiger partial charge in [0.05, 0.1) is 25.7 Å².